The van der Waals surface area contributed by atoms with Crippen molar-refractivity contribution >= 4 is 17.6 Å². The van der Waals surface area contributed by atoms with Crippen molar-refractivity contribution in [2.24, 2.45) is 23.2 Å². The first-order chi connectivity index (χ1) is 16.6. The number of carbonyl (C=O) groups is 3. The number of hydrogen-bond acceptors (Lipinski definition) is 3. The highest BCUT2D eigenvalue weighted by Gasteiger charge is 2.43. The topological polar surface area (TPSA) is 66.5 Å². The van der Waals surface area contributed by atoms with E-state index in [1.165, 1.54) is 12.1 Å². The Balaban J connectivity index is 1.69. The van der Waals surface area contributed by atoms with Gasteiger partial charge in [-0.3, -0.25) is 14.4 Å². The molecule has 200 valence electrons. The van der Waals surface area contributed by atoms with Gasteiger partial charge in [-0.15, -0.1) is 0 Å². The molecule has 1 aliphatic heterocycles. The van der Waals surface area contributed by atoms with Crippen molar-refractivity contribution in [2.45, 2.75) is 91.5 Å². The highest BCUT2D eigenvalue weighted by Crippen LogP contribution is 2.42. The minimum Gasteiger partial charge on any atom is -0.351 e. The summed E-state index contributed by atoms with van der Waals surface area (Å²) in [6.45, 7) is 13.6. The molecule has 1 aliphatic carbocycles. The molecule has 2 aliphatic rings. The van der Waals surface area contributed by atoms with Crippen LogP contribution >= 0.6 is 0 Å². The van der Waals surface area contributed by atoms with Gasteiger partial charge in [0.25, 0.3) is 0 Å². The van der Waals surface area contributed by atoms with Crippen molar-refractivity contribution in [1.82, 2.24) is 10.2 Å². The number of piperidine rings is 1. The fourth-order valence-corrected chi connectivity index (χ4v) is 6.45. The molecule has 1 aromatic carbocycles. The molecule has 0 aromatic heterocycles. The van der Waals surface area contributed by atoms with E-state index in [0.717, 1.165) is 31.7 Å². The van der Waals surface area contributed by atoms with Crippen LogP contribution in [0.2, 0.25) is 0 Å². The van der Waals surface area contributed by atoms with Crippen LogP contribution < -0.4 is 5.32 Å². The first kappa shape index (κ1) is 28.3. The number of nitrogens with one attached hydrogen (secondary N) is 1. The van der Waals surface area contributed by atoms with Gasteiger partial charge in [-0.25, -0.2) is 8.78 Å². The van der Waals surface area contributed by atoms with E-state index in [1.807, 2.05) is 4.90 Å². The molecule has 1 heterocycles. The normalized spacial score (nSPS) is 22.6. The predicted octanol–water partition coefficient (Wildman–Crippen LogP) is 5.62. The summed E-state index contributed by atoms with van der Waals surface area (Å²) in [7, 11) is 0. The first-order valence-electron chi connectivity index (χ1n) is 13.2. The molecule has 3 atom stereocenters. The number of amides is 2. The molecule has 1 N–H and O–H groups in total. The van der Waals surface area contributed by atoms with E-state index in [0.29, 0.717) is 24.9 Å². The van der Waals surface area contributed by atoms with E-state index in [9.17, 15) is 23.2 Å². The maximum Gasteiger partial charge on any atom is 0.226 e. The van der Waals surface area contributed by atoms with E-state index in [4.69, 9.17) is 0 Å². The van der Waals surface area contributed by atoms with Gasteiger partial charge in [0.1, 0.15) is 17.4 Å². The lowest BCUT2D eigenvalue weighted by Gasteiger charge is -2.42. The number of ketones is 1. The SMILES string of the molecule is CC(=O)NC(C)(C)CC(CC(C)(C)C)C1CCN(C(=O)[C@@H]2CC(=O)C[C@H]2c2ccc(F)cc2F)CC1. The van der Waals surface area contributed by atoms with Gasteiger partial charge in [0, 0.05) is 50.4 Å². The van der Waals surface area contributed by atoms with E-state index in [2.05, 4.69) is 39.9 Å². The van der Waals surface area contributed by atoms with Crippen LogP contribution in [0, 0.1) is 34.8 Å². The van der Waals surface area contributed by atoms with Crippen LogP contribution in [-0.4, -0.2) is 41.1 Å². The maximum atomic E-state index is 14.5. The third-order valence-corrected chi connectivity index (χ3v) is 7.74. The molecule has 0 bridgehead atoms. The van der Waals surface area contributed by atoms with Crippen molar-refractivity contribution in [3.8, 4) is 0 Å². The zero-order valence-corrected chi connectivity index (χ0v) is 22.6. The lowest BCUT2D eigenvalue weighted by molar-refractivity contribution is -0.138. The molecule has 1 saturated heterocycles. The first-order valence-corrected chi connectivity index (χ1v) is 13.2. The largest absolute Gasteiger partial charge is 0.351 e. The third kappa shape index (κ3) is 7.36. The summed E-state index contributed by atoms with van der Waals surface area (Å²) in [5, 5.41) is 3.08. The van der Waals surface area contributed by atoms with Gasteiger partial charge >= 0.3 is 0 Å². The molecule has 1 saturated carbocycles. The number of likely N-dealkylation sites (tertiary alicyclic amines) is 1. The van der Waals surface area contributed by atoms with Crippen molar-refractivity contribution in [1.29, 1.82) is 0 Å². The fraction of sp³-hybridized carbons (Fsp3) is 0.690. The second kappa shape index (κ2) is 11.0. The Kier molecular flexibility index (Phi) is 8.62. The van der Waals surface area contributed by atoms with Gasteiger partial charge in [0.2, 0.25) is 11.8 Å². The number of Topliss-reactive ketones (excluding diaryl/α,β-unsaturated/α-hetero) is 1. The molecule has 1 unspecified atom stereocenters. The monoisotopic (exact) mass is 504 g/mol. The molecule has 2 fully saturated rings. The summed E-state index contributed by atoms with van der Waals surface area (Å²) in [5.74, 6) is -1.87. The number of carbonyl (C=O) groups excluding carboxylic acids is 3. The smallest absolute Gasteiger partial charge is 0.226 e. The minimum absolute atomic E-state index is 0.0341. The summed E-state index contributed by atoms with van der Waals surface area (Å²) < 4.78 is 27.9. The zero-order chi connectivity index (χ0) is 26.8. The van der Waals surface area contributed by atoms with Crippen LogP contribution in [0.4, 0.5) is 8.78 Å². The number of hydrogen-bond donors (Lipinski definition) is 1. The van der Waals surface area contributed by atoms with Crippen LogP contribution in [0.5, 0.6) is 0 Å². The second-order valence-corrected chi connectivity index (χ2v) is 12.8. The minimum atomic E-state index is -0.696. The molecular weight excluding hydrogens is 462 g/mol. The van der Waals surface area contributed by atoms with Crippen LogP contribution in [0.15, 0.2) is 18.2 Å². The number of rotatable bonds is 7. The lowest BCUT2D eigenvalue weighted by atomic mass is 9.70. The summed E-state index contributed by atoms with van der Waals surface area (Å²) >= 11 is 0. The predicted molar refractivity (Wildman–Crippen MR) is 136 cm³/mol. The van der Waals surface area contributed by atoms with E-state index in [-0.39, 0.29) is 47.0 Å². The molecule has 1 aromatic rings. The standard InChI is InChI=1S/C29H42F2N2O3/c1-18(34)32-29(5,6)17-20(16-28(2,3)4)19-9-11-33(12-10-19)27(36)25-15-22(35)14-24(25)23-8-7-21(30)13-26(23)31/h7-8,13,19-20,24-25H,9-12,14-17H2,1-6H3,(H,32,34)/t20?,24-,25+/m0/s1. The van der Waals surface area contributed by atoms with Crippen molar-refractivity contribution < 1.29 is 23.2 Å². The highest BCUT2D eigenvalue weighted by atomic mass is 19.1. The van der Waals surface area contributed by atoms with E-state index >= 15 is 0 Å². The van der Waals surface area contributed by atoms with Gasteiger partial charge < -0.3 is 10.2 Å². The molecule has 7 heteroatoms. The molecule has 36 heavy (non-hydrogen) atoms. The third-order valence-electron chi connectivity index (χ3n) is 7.74. The maximum absolute atomic E-state index is 14.5. The molecule has 0 radical (unpaired) electrons. The highest BCUT2D eigenvalue weighted by molar-refractivity contribution is 5.92. The Morgan fingerprint density at radius 2 is 1.69 bits per heavy atom. The Hall–Kier alpha value is -2.31. The van der Waals surface area contributed by atoms with E-state index in [1.54, 1.807) is 6.92 Å². The van der Waals surface area contributed by atoms with Crippen LogP contribution in [-0.2, 0) is 14.4 Å². The van der Waals surface area contributed by atoms with Crippen LogP contribution in [0.3, 0.4) is 0 Å². The van der Waals surface area contributed by atoms with Crippen molar-refractivity contribution in [3.05, 3.63) is 35.4 Å². The number of benzene rings is 1. The zero-order valence-electron chi connectivity index (χ0n) is 22.6. The average Bonchev–Trinajstić information content (AvgIpc) is 3.12. The molecular formula is C29H42F2N2O3. The average molecular weight is 505 g/mol. The Labute approximate surface area is 214 Å². The van der Waals surface area contributed by atoms with Gasteiger partial charge in [-0.2, -0.15) is 0 Å². The molecule has 5 nitrogen and oxygen atoms in total. The van der Waals surface area contributed by atoms with Gasteiger partial charge in [-0.1, -0.05) is 26.8 Å². The van der Waals surface area contributed by atoms with Gasteiger partial charge in [0.05, 0.1) is 5.92 Å². The van der Waals surface area contributed by atoms with Gasteiger partial charge in [0.15, 0.2) is 0 Å². The van der Waals surface area contributed by atoms with Crippen LogP contribution in [0.1, 0.15) is 91.5 Å². The van der Waals surface area contributed by atoms with Crippen molar-refractivity contribution in [2.75, 3.05) is 13.1 Å². The summed E-state index contributed by atoms with van der Waals surface area (Å²) in [6, 6.07) is 3.38. The summed E-state index contributed by atoms with van der Waals surface area (Å²) in [6.07, 6.45) is 3.83. The summed E-state index contributed by atoms with van der Waals surface area (Å²) in [4.78, 5) is 39.3. The number of halogens is 2. The molecule has 2 amide bonds. The molecule has 3 rings (SSSR count). The quantitative estimate of drug-likeness (QED) is 0.524. The van der Waals surface area contributed by atoms with Crippen LogP contribution in [0.25, 0.3) is 0 Å². The van der Waals surface area contributed by atoms with E-state index < -0.39 is 23.5 Å². The Morgan fingerprint density at radius 3 is 2.25 bits per heavy atom. The van der Waals surface area contributed by atoms with Crippen molar-refractivity contribution in [3.63, 3.8) is 0 Å². The van der Waals surface area contributed by atoms with Gasteiger partial charge in [-0.05, 0) is 68.4 Å². The fourth-order valence-electron chi connectivity index (χ4n) is 6.45. The molecule has 0 spiro atoms. The Bertz CT molecular complexity index is 977. The summed E-state index contributed by atoms with van der Waals surface area (Å²) in [5.41, 5.74) is 0.0762. The number of nitrogens with zero attached hydrogens (tertiary/aromatic N) is 1. The Morgan fingerprint density at radius 1 is 1.06 bits per heavy atom. The second-order valence-electron chi connectivity index (χ2n) is 12.8. The lowest BCUT2D eigenvalue weighted by Crippen LogP contribution is -2.47.